The first-order chi connectivity index (χ1) is 8.70. The minimum absolute atomic E-state index is 0. The van der Waals surface area contributed by atoms with Gasteiger partial charge >= 0.3 is 0 Å². The number of halogens is 3. The van der Waals surface area contributed by atoms with Crippen molar-refractivity contribution in [3.8, 4) is 0 Å². The number of rotatable bonds is 3. The van der Waals surface area contributed by atoms with Gasteiger partial charge < -0.3 is 10.6 Å². The summed E-state index contributed by atoms with van der Waals surface area (Å²) in [5.74, 6) is 0.623. The van der Waals surface area contributed by atoms with E-state index in [-0.39, 0.29) is 30.7 Å². The van der Waals surface area contributed by atoms with E-state index in [0.717, 1.165) is 30.4 Å². The molecule has 1 aromatic rings. The number of carbonyl (C=O) groups excluding carboxylic acids is 1. The molecule has 2 rings (SSSR count). The molecule has 0 spiro atoms. The van der Waals surface area contributed by atoms with Crippen molar-refractivity contribution < 1.29 is 4.79 Å². The van der Waals surface area contributed by atoms with Crippen molar-refractivity contribution in [2.45, 2.75) is 19.3 Å². The van der Waals surface area contributed by atoms with E-state index in [1.165, 1.54) is 6.42 Å². The highest BCUT2D eigenvalue weighted by Gasteiger charge is 2.24. The van der Waals surface area contributed by atoms with Crippen molar-refractivity contribution in [1.82, 2.24) is 9.88 Å². The SMILES string of the molecule is Cl.Cl.NCCC1CCCN(C(=O)c2cncc(Br)c2)C1. The number of hydrogen-bond donors (Lipinski definition) is 1. The summed E-state index contributed by atoms with van der Waals surface area (Å²) < 4.78 is 0.837. The maximum absolute atomic E-state index is 12.3. The first kappa shape index (κ1) is 19.6. The van der Waals surface area contributed by atoms with Crippen LogP contribution in [-0.4, -0.2) is 35.4 Å². The van der Waals surface area contributed by atoms with Crippen molar-refractivity contribution in [1.29, 1.82) is 0 Å². The number of aromatic nitrogens is 1. The van der Waals surface area contributed by atoms with Crippen LogP contribution >= 0.6 is 40.7 Å². The predicted octanol–water partition coefficient (Wildman–Crippen LogP) is 2.89. The van der Waals surface area contributed by atoms with Gasteiger partial charge in [0.1, 0.15) is 0 Å². The summed E-state index contributed by atoms with van der Waals surface area (Å²) in [7, 11) is 0. The van der Waals surface area contributed by atoms with Gasteiger partial charge in [0.2, 0.25) is 0 Å². The second-order valence-corrected chi connectivity index (χ2v) is 5.64. The number of hydrogen-bond acceptors (Lipinski definition) is 3. The third kappa shape index (κ3) is 5.20. The Bertz CT molecular complexity index is 432. The molecule has 114 valence electrons. The summed E-state index contributed by atoms with van der Waals surface area (Å²) in [4.78, 5) is 18.3. The monoisotopic (exact) mass is 383 g/mol. The van der Waals surface area contributed by atoms with E-state index in [1.807, 2.05) is 11.0 Å². The molecule has 0 radical (unpaired) electrons. The maximum atomic E-state index is 12.3. The van der Waals surface area contributed by atoms with Crippen LogP contribution in [0.2, 0.25) is 0 Å². The zero-order valence-corrected chi connectivity index (χ0v) is 14.3. The summed E-state index contributed by atoms with van der Waals surface area (Å²) in [6.45, 7) is 2.36. The van der Waals surface area contributed by atoms with Gasteiger partial charge in [-0.05, 0) is 53.7 Å². The third-order valence-electron chi connectivity index (χ3n) is 3.33. The lowest BCUT2D eigenvalue weighted by Gasteiger charge is -2.32. The second kappa shape index (κ2) is 9.55. The summed E-state index contributed by atoms with van der Waals surface area (Å²) >= 11 is 3.34. The van der Waals surface area contributed by atoms with Crippen molar-refractivity contribution in [2.24, 2.45) is 11.7 Å². The molecule has 0 aromatic carbocycles. The molecular formula is C13H20BrCl2N3O. The van der Waals surface area contributed by atoms with Crippen LogP contribution in [0.15, 0.2) is 22.9 Å². The highest BCUT2D eigenvalue weighted by molar-refractivity contribution is 9.10. The fraction of sp³-hybridized carbons (Fsp3) is 0.538. The Morgan fingerprint density at radius 2 is 2.20 bits per heavy atom. The molecule has 0 aliphatic carbocycles. The third-order valence-corrected chi connectivity index (χ3v) is 3.77. The van der Waals surface area contributed by atoms with Gasteiger partial charge in [0, 0.05) is 30.0 Å². The standard InChI is InChI=1S/C13H18BrN3O.2ClH/c14-12-6-11(7-16-8-12)13(18)17-5-1-2-10(9-17)3-4-15;;/h6-8,10H,1-5,9,15H2;2*1H. The Labute approximate surface area is 140 Å². The quantitative estimate of drug-likeness (QED) is 0.871. The molecule has 1 atom stereocenters. The van der Waals surface area contributed by atoms with Crippen LogP contribution in [0, 0.1) is 5.92 Å². The second-order valence-electron chi connectivity index (χ2n) is 4.73. The molecular weight excluding hydrogens is 365 g/mol. The van der Waals surface area contributed by atoms with Crippen LogP contribution in [0.25, 0.3) is 0 Å². The lowest BCUT2D eigenvalue weighted by molar-refractivity contribution is 0.0669. The number of pyridine rings is 1. The summed E-state index contributed by atoms with van der Waals surface area (Å²) in [6.07, 6.45) is 6.56. The van der Waals surface area contributed by atoms with Gasteiger partial charge in [0.05, 0.1) is 5.56 Å². The average molecular weight is 385 g/mol. The molecule has 2 heterocycles. The van der Waals surface area contributed by atoms with Crippen molar-refractivity contribution in [3.05, 3.63) is 28.5 Å². The number of nitrogens with two attached hydrogens (primary N) is 1. The molecule has 20 heavy (non-hydrogen) atoms. The maximum Gasteiger partial charge on any atom is 0.255 e. The van der Waals surface area contributed by atoms with Crippen LogP contribution in [0.4, 0.5) is 0 Å². The molecule has 2 N–H and O–H groups in total. The minimum atomic E-state index is 0. The molecule has 1 unspecified atom stereocenters. The molecule has 1 amide bonds. The van der Waals surface area contributed by atoms with Gasteiger partial charge in [0.15, 0.2) is 0 Å². The summed E-state index contributed by atoms with van der Waals surface area (Å²) in [5, 5.41) is 0. The molecule has 0 bridgehead atoms. The Morgan fingerprint density at radius 3 is 2.85 bits per heavy atom. The largest absolute Gasteiger partial charge is 0.338 e. The first-order valence-corrected chi connectivity index (χ1v) is 7.10. The highest BCUT2D eigenvalue weighted by Crippen LogP contribution is 2.21. The zero-order chi connectivity index (χ0) is 13.0. The molecule has 1 aromatic heterocycles. The smallest absolute Gasteiger partial charge is 0.255 e. The molecule has 4 nitrogen and oxygen atoms in total. The number of nitrogens with zero attached hydrogens (tertiary/aromatic N) is 2. The van der Waals surface area contributed by atoms with Gasteiger partial charge in [-0.2, -0.15) is 0 Å². The van der Waals surface area contributed by atoms with E-state index in [0.29, 0.717) is 18.0 Å². The van der Waals surface area contributed by atoms with E-state index in [2.05, 4.69) is 20.9 Å². The zero-order valence-electron chi connectivity index (χ0n) is 11.1. The Hall–Kier alpha value is -0.360. The lowest BCUT2D eigenvalue weighted by atomic mass is 9.94. The highest BCUT2D eigenvalue weighted by atomic mass is 79.9. The average Bonchev–Trinajstić information content (AvgIpc) is 2.39. The van der Waals surface area contributed by atoms with Gasteiger partial charge in [-0.25, -0.2) is 0 Å². The van der Waals surface area contributed by atoms with E-state index < -0.39 is 0 Å². The van der Waals surface area contributed by atoms with E-state index in [1.54, 1.807) is 12.4 Å². The van der Waals surface area contributed by atoms with E-state index >= 15 is 0 Å². The molecule has 1 aliphatic rings. The Morgan fingerprint density at radius 1 is 1.45 bits per heavy atom. The van der Waals surface area contributed by atoms with E-state index in [9.17, 15) is 4.79 Å². The number of likely N-dealkylation sites (tertiary alicyclic amines) is 1. The number of piperidine rings is 1. The number of carbonyl (C=O) groups is 1. The molecule has 1 aliphatic heterocycles. The molecule has 1 saturated heterocycles. The topological polar surface area (TPSA) is 59.2 Å². The molecule has 1 fully saturated rings. The van der Waals surface area contributed by atoms with Crippen molar-refractivity contribution in [2.75, 3.05) is 19.6 Å². The first-order valence-electron chi connectivity index (χ1n) is 6.30. The fourth-order valence-corrected chi connectivity index (χ4v) is 2.80. The normalized spacial score (nSPS) is 17.9. The predicted molar refractivity (Wildman–Crippen MR) is 88.7 cm³/mol. The van der Waals surface area contributed by atoms with Crippen LogP contribution in [0.1, 0.15) is 29.6 Å². The van der Waals surface area contributed by atoms with Gasteiger partial charge in [-0.15, -0.1) is 24.8 Å². The minimum Gasteiger partial charge on any atom is -0.338 e. The van der Waals surface area contributed by atoms with Crippen molar-refractivity contribution >= 4 is 46.7 Å². The van der Waals surface area contributed by atoms with Gasteiger partial charge in [-0.1, -0.05) is 0 Å². The summed E-state index contributed by atoms with van der Waals surface area (Å²) in [6, 6.07) is 1.82. The summed E-state index contributed by atoms with van der Waals surface area (Å²) in [5.41, 5.74) is 6.24. The van der Waals surface area contributed by atoms with Gasteiger partial charge in [-0.3, -0.25) is 9.78 Å². The Balaban J connectivity index is 0.00000180. The Kier molecular flexibility index (Phi) is 9.38. The van der Waals surface area contributed by atoms with Crippen LogP contribution in [0.3, 0.4) is 0 Å². The van der Waals surface area contributed by atoms with Crippen LogP contribution in [0.5, 0.6) is 0 Å². The van der Waals surface area contributed by atoms with E-state index in [4.69, 9.17) is 5.73 Å². The fourth-order valence-electron chi connectivity index (χ4n) is 2.43. The van der Waals surface area contributed by atoms with Crippen LogP contribution < -0.4 is 5.73 Å². The molecule has 0 saturated carbocycles. The number of amides is 1. The molecule has 7 heteroatoms. The lowest BCUT2D eigenvalue weighted by Crippen LogP contribution is -2.40. The van der Waals surface area contributed by atoms with Gasteiger partial charge in [0.25, 0.3) is 5.91 Å². The van der Waals surface area contributed by atoms with Crippen molar-refractivity contribution in [3.63, 3.8) is 0 Å². The van der Waals surface area contributed by atoms with Crippen LogP contribution in [-0.2, 0) is 0 Å².